The molecule has 6 nitrogen and oxygen atoms in total. The Labute approximate surface area is 300 Å². The number of H-pyrrole nitrogens is 2. The smallest absolute Gasteiger partial charge is 0.213 e. The lowest BCUT2D eigenvalue weighted by Gasteiger charge is -2.02. The van der Waals surface area contributed by atoms with Gasteiger partial charge in [-0.2, -0.15) is 0 Å². The molecule has 9 aromatic rings. The second-order valence-electron chi connectivity index (χ2n) is 12.8. The van der Waals surface area contributed by atoms with Gasteiger partial charge in [0.15, 0.2) is 0 Å². The van der Waals surface area contributed by atoms with E-state index < -0.39 is 0 Å². The topological polar surface area (TPSA) is 91.5 Å². The van der Waals surface area contributed by atoms with Gasteiger partial charge in [0.2, 0.25) is 10.9 Å². The molecular weight excluding hydrogens is 697 g/mol. The summed E-state index contributed by atoms with van der Waals surface area (Å²) in [5.41, 5.74) is 7.28. The molecule has 2 aromatic carbocycles. The monoisotopic (exact) mass is 722 g/mol. The van der Waals surface area contributed by atoms with Crippen LogP contribution < -0.4 is 10.9 Å². The minimum Gasteiger partial charge on any atom is -0.354 e. The second-order valence-corrected chi connectivity index (χ2v) is 17.9. The van der Waals surface area contributed by atoms with Crippen molar-refractivity contribution in [1.29, 1.82) is 0 Å². The highest BCUT2D eigenvalue weighted by molar-refractivity contribution is 7.20. The number of aromatic amines is 2. The van der Waals surface area contributed by atoms with E-state index in [1.807, 2.05) is 38.1 Å². The van der Waals surface area contributed by atoms with Crippen LogP contribution in [0, 0.1) is 27.7 Å². The van der Waals surface area contributed by atoms with E-state index in [-0.39, 0.29) is 21.9 Å². The van der Waals surface area contributed by atoms with Crippen molar-refractivity contribution in [3.05, 3.63) is 112 Å². The summed E-state index contributed by atoms with van der Waals surface area (Å²) >= 11 is 6.60. The lowest BCUT2D eigenvalue weighted by atomic mass is 10.1. The van der Waals surface area contributed by atoms with Crippen molar-refractivity contribution in [2.24, 2.45) is 0 Å². The van der Waals surface area contributed by atoms with Gasteiger partial charge in [0, 0.05) is 84.0 Å². The minimum absolute atomic E-state index is 0.168. The molecule has 0 atom stereocenters. The van der Waals surface area contributed by atoms with E-state index in [2.05, 4.69) is 72.4 Å². The molecule has 7 aromatic heterocycles. The van der Waals surface area contributed by atoms with Gasteiger partial charge >= 0.3 is 0 Å². The molecule has 6 bridgehead atoms. The van der Waals surface area contributed by atoms with Crippen LogP contribution in [0.25, 0.3) is 97.1 Å². The summed E-state index contributed by atoms with van der Waals surface area (Å²) in [7, 11) is 0. The van der Waals surface area contributed by atoms with Crippen LogP contribution in [0.2, 0.25) is 0 Å². The van der Waals surface area contributed by atoms with E-state index >= 15 is 0 Å². The highest BCUT2D eigenvalue weighted by Gasteiger charge is 2.21. The van der Waals surface area contributed by atoms with Gasteiger partial charge in [-0.25, -0.2) is 9.97 Å². The fraction of sp³-hybridized carbons (Fsp3) is 0.100. The van der Waals surface area contributed by atoms with E-state index in [9.17, 15) is 9.59 Å². The summed E-state index contributed by atoms with van der Waals surface area (Å²) < 4.78 is 1.74. The molecule has 1 aliphatic heterocycles. The summed E-state index contributed by atoms with van der Waals surface area (Å²) in [6.45, 7) is 8.25. The summed E-state index contributed by atoms with van der Waals surface area (Å²) in [5.74, 6) is 0. The molecule has 0 unspecified atom stereocenters. The zero-order valence-corrected chi connectivity index (χ0v) is 30.5. The Bertz CT molecular complexity index is 2990. The summed E-state index contributed by atoms with van der Waals surface area (Å²) in [5, 5.41) is 2.70. The van der Waals surface area contributed by atoms with Crippen LogP contribution in [0.3, 0.4) is 0 Å². The lowest BCUT2D eigenvalue weighted by Crippen LogP contribution is -1.99. The Balaban J connectivity index is 1.49. The number of nitrogens with zero attached hydrogens (tertiary/aromatic N) is 2. The number of nitrogens with one attached hydrogen (secondary N) is 2. The van der Waals surface area contributed by atoms with Crippen molar-refractivity contribution in [2.45, 2.75) is 27.7 Å². The maximum Gasteiger partial charge on any atom is 0.213 e. The average molecular weight is 723 g/mol. The van der Waals surface area contributed by atoms with Crippen molar-refractivity contribution in [2.75, 3.05) is 0 Å². The first-order valence-electron chi connectivity index (χ1n) is 16.1. The van der Waals surface area contributed by atoms with Crippen molar-refractivity contribution < 1.29 is 0 Å². The number of fused-ring (bicyclic) bond motifs is 14. The van der Waals surface area contributed by atoms with Crippen LogP contribution in [-0.4, -0.2) is 19.9 Å². The zero-order valence-electron chi connectivity index (χ0n) is 27.3. The predicted octanol–water partition coefficient (Wildman–Crippen LogP) is 11.2. The van der Waals surface area contributed by atoms with Crippen LogP contribution in [-0.2, 0) is 0 Å². The van der Waals surface area contributed by atoms with Crippen LogP contribution in [0.1, 0.15) is 30.9 Å². The Morgan fingerprint density at radius 1 is 0.500 bits per heavy atom. The molecule has 0 amide bonds. The molecule has 0 spiro atoms. The average Bonchev–Trinajstić information content (AvgIpc) is 3.92. The summed E-state index contributed by atoms with van der Waals surface area (Å²) in [6, 6.07) is 20.6. The number of thiophene rings is 4. The van der Waals surface area contributed by atoms with Gasteiger partial charge in [0.25, 0.3) is 0 Å². The third-order valence-electron chi connectivity index (χ3n) is 9.36. The number of rotatable bonds is 2. The summed E-state index contributed by atoms with van der Waals surface area (Å²) in [6.07, 6.45) is 4.19. The van der Waals surface area contributed by atoms with E-state index in [0.29, 0.717) is 10.8 Å². The normalized spacial score (nSPS) is 12.5. The van der Waals surface area contributed by atoms with Gasteiger partial charge in [-0.05, 0) is 101 Å². The van der Waals surface area contributed by atoms with Crippen LogP contribution >= 0.6 is 45.3 Å². The van der Waals surface area contributed by atoms with Gasteiger partial charge in [-0.3, -0.25) is 9.59 Å². The second kappa shape index (κ2) is 10.7. The molecule has 0 fully saturated rings. The van der Waals surface area contributed by atoms with E-state index in [0.717, 1.165) is 84.3 Å². The third kappa shape index (κ3) is 4.35. The molecule has 0 radical (unpaired) electrons. The third-order valence-corrected chi connectivity index (χ3v) is 13.5. The maximum absolute atomic E-state index is 14.2. The maximum atomic E-state index is 14.2. The Morgan fingerprint density at radius 2 is 0.940 bits per heavy atom. The standard InChI is InChI=1S/C40H26N4O2S4/c1-17-5-13-29(47-17)31-23-7-8-24(41-23)32(30-14-6-18(2)48-30)26-10-12-28(43-26)34-36(38(46)22-16-20(4)50-40(22)34)44-35-33(27-11-9-25(31)42-27)39-21(37(35)45)15-19(3)49-39/h5-16,42-43H,1-4H3. The molecule has 2 N–H and O–H groups in total. The zero-order chi connectivity index (χ0) is 34.0. The number of aryl methyl sites for hydroxylation is 4. The molecule has 50 heavy (non-hydrogen) atoms. The Kier molecular flexibility index (Phi) is 6.42. The fourth-order valence-electron chi connectivity index (χ4n) is 7.21. The van der Waals surface area contributed by atoms with Gasteiger partial charge < -0.3 is 9.97 Å². The van der Waals surface area contributed by atoms with E-state index in [1.54, 1.807) is 45.3 Å². The molecule has 242 valence electrons. The fourth-order valence-corrected chi connectivity index (χ4v) is 11.2. The highest BCUT2D eigenvalue weighted by atomic mass is 32.1. The van der Waals surface area contributed by atoms with Crippen molar-refractivity contribution in [3.8, 4) is 20.9 Å². The minimum atomic E-state index is -0.168. The molecule has 0 saturated carbocycles. The first-order chi connectivity index (χ1) is 24.2. The number of hydrogen-bond donors (Lipinski definition) is 2. The molecule has 1 aliphatic rings. The predicted molar refractivity (Wildman–Crippen MR) is 216 cm³/mol. The first-order valence-corrected chi connectivity index (χ1v) is 19.4. The van der Waals surface area contributed by atoms with Crippen LogP contribution in [0.5, 0.6) is 0 Å². The molecular formula is C40H26N4O2S4. The van der Waals surface area contributed by atoms with Gasteiger partial charge in [-0.15, -0.1) is 45.3 Å². The molecule has 8 heterocycles. The molecule has 10 heteroatoms. The highest BCUT2D eigenvalue weighted by Crippen LogP contribution is 2.41. The van der Waals surface area contributed by atoms with Crippen LogP contribution in [0.15, 0.2) is 70.3 Å². The van der Waals surface area contributed by atoms with Crippen molar-refractivity contribution in [1.82, 2.24) is 19.9 Å². The number of hydrogen-bond acceptors (Lipinski definition) is 8. The van der Waals surface area contributed by atoms with E-state index in [4.69, 9.17) is 9.97 Å². The molecule has 0 saturated heterocycles. The molecule has 0 aliphatic carbocycles. The van der Waals surface area contributed by atoms with Gasteiger partial charge in [0.1, 0.15) is 11.0 Å². The Hall–Kier alpha value is -5.00. The van der Waals surface area contributed by atoms with Crippen molar-refractivity contribution >= 4 is 122 Å². The lowest BCUT2D eigenvalue weighted by molar-refractivity contribution is 1.33. The Morgan fingerprint density at radius 3 is 1.36 bits per heavy atom. The molecule has 10 rings (SSSR count). The SMILES string of the molecule is Cc1ccc(-c2c3nc(c(-c4ccc(C)s4)c4ccc([nH]4)c4c(nc5c(=O)c6cc(C)sc6c5c5ccc2[nH]5)c(=O)c2cc(C)sc24)C=C3)s1. The van der Waals surface area contributed by atoms with Gasteiger partial charge in [-0.1, -0.05) is 0 Å². The summed E-state index contributed by atoms with van der Waals surface area (Å²) in [4.78, 5) is 53.0. The van der Waals surface area contributed by atoms with Crippen molar-refractivity contribution in [3.63, 3.8) is 0 Å². The van der Waals surface area contributed by atoms with Gasteiger partial charge in [0.05, 0.1) is 20.8 Å². The largest absolute Gasteiger partial charge is 0.354 e. The first kappa shape index (κ1) is 29.9. The quantitative estimate of drug-likeness (QED) is 0.186. The van der Waals surface area contributed by atoms with Crippen LogP contribution in [0.4, 0.5) is 0 Å². The number of aromatic nitrogens is 4. The van der Waals surface area contributed by atoms with E-state index in [1.165, 1.54) is 9.75 Å².